The molecule has 0 spiro atoms. The van der Waals surface area contributed by atoms with Gasteiger partial charge in [0.05, 0.1) is 5.75 Å². The van der Waals surface area contributed by atoms with Crippen molar-refractivity contribution in [1.82, 2.24) is 15.5 Å². The van der Waals surface area contributed by atoms with Gasteiger partial charge in [-0.05, 0) is 12.2 Å². The third-order valence-electron chi connectivity index (χ3n) is 1.76. The van der Waals surface area contributed by atoms with Gasteiger partial charge in [0.25, 0.3) is 0 Å². The van der Waals surface area contributed by atoms with Crippen molar-refractivity contribution in [3.05, 3.63) is 12.2 Å². The largest absolute Gasteiger partial charge is 0.480 e. The number of carbonyl (C=O) groups is 2. The summed E-state index contributed by atoms with van der Waals surface area (Å²) in [4.78, 5) is 24.6. The molecule has 7 nitrogen and oxygen atoms in total. The van der Waals surface area contributed by atoms with Gasteiger partial charge in [-0.15, -0.1) is 0 Å². The fraction of sp³-hybridized carbons (Fsp3) is 0.500. The fourth-order valence-electron chi connectivity index (χ4n) is 0.981. The molecular weight excluding hydrogens is 234 g/mol. The Morgan fingerprint density at radius 3 is 3.12 bits per heavy atom. The van der Waals surface area contributed by atoms with Crippen molar-refractivity contribution in [2.24, 2.45) is 0 Å². The average Bonchev–Trinajstić information content (AvgIpc) is 2.75. The van der Waals surface area contributed by atoms with Gasteiger partial charge in [0.2, 0.25) is 12.8 Å². The van der Waals surface area contributed by atoms with Gasteiger partial charge in [-0.25, -0.2) is 4.79 Å². The van der Waals surface area contributed by atoms with Crippen LogP contribution in [0.3, 0.4) is 0 Å². The molecule has 2 N–H and O–H groups in total. The van der Waals surface area contributed by atoms with E-state index >= 15 is 0 Å². The Kier molecular flexibility index (Phi) is 5.34. The number of aliphatic carboxylic acids is 1. The molecule has 0 aliphatic heterocycles. The summed E-state index contributed by atoms with van der Waals surface area (Å²) in [7, 11) is 0. The number of carboxylic acids is 1. The second-order valence-electron chi connectivity index (χ2n) is 2.86. The lowest BCUT2D eigenvalue weighted by Crippen LogP contribution is -2.36. The Balaban J connectivity index is 2.18. The molecule has 1 atom stereocenters. The van der Waals surface area contributed by atoms with Crippen LogP contribution in [0.25, 0.3) is 0 Å². The molecule has 0 saturated heterocycles. The first kappa shape index (κ1) is 12.5. The number of aromatic nitrogens is 2. The minimum atomic E-state index is -1.03. The number of hydrogen-bond acceptors (Lipinski definition) is 6. The van der Waals surface area contributed by atoms with Crippen molar-refractivity contribution in [2.45, 2.75) is 18.2 Å². The van der Waals surface area contributed by atoms with Gasteiger partial charge in [0, 0.05) is 0 Å². The SMILES string of the molecule is O=CNC(CCSCc1ncon1)C(=O)O. The lowest BCUT2D eigenvalue weighted by molar-refractivity contribution is -0.140. The van der Waals surface area contributed by atoms with Crippen LogP contribution in [0.4, 0.5) is 0 Å². The molecule has 1 unspecified atom stereocenters. The lowest BCUT2D eigenvalue weighted by atomic mass is 10.2. The Bertz CT molecular complexity index is 330. The topological polar surface area (TPSA) is 105 Å². The highest BCUT2D eigenvalue weighted by Gasteiger charge is 2.15. The molecule has 0 saturated carbocycles. The van der Waals surface area contributed by atoms with Crippen molar-refractivity contribution in [2.75, 3.05) is 5.75 Å². The third kappa shape index (κ3) is 4.30. The van der Waals surface area contributed by atoms with E-state index in [9.17, 15) is 9.59 Å². The molecule has 0 aliphatic carbocycles. The Labute approximate surface area is 95.6 Å². The van der Waals surface area contributed by atoms with E-state index in [0.717, 1.165) is 0 Å². The number of carbonyl (C=O) groups excluding carboxylic acids is 1. The zero-order chi connectivity index (χ0) is 11.8. The first-order valence-corrected chi connectivity index (χ1v) is 5.65. The molecule has 0 aromatic carbocycles. The van der Waals surface area contributed by atoms with E-state index in [4.69, 9.17) is 5.11 Å². The van der Waals surface area contributed by atoms with Gasteiger partial charge in [-0.3, -0.25) is 4.79 Å². The summed E-state index contributed by atoms with van der Waals surface area (Å²) in [5.41, 5.74) is 0. The molecule has 0 aliphatic rings. The highest BCUT2D eigenvalue weighted by Crippen LogP contribution is 2.10. The van der Waals surface area contributed by atoms with Crippen LogP contribution in [0.1, 0.15) is 12.2 Å². The molecule has 8 heteroatoms. The molecule has 16 heavy (non-hydrogen) atoms. The number of hydrogen-bond donors (Lipinski definition) is 2. The van der Waals surface area contributed by atoms with Gasteiger partial charge in [-0.1, -0.05) is 5.16 Å². The van der Waals surface area contributed by atoms with E-state index in [-0.39, 0.29) is 0 Å². The van der Waals surface area contributed by atoms with E-state index in [2.05, 4.69) is 20.0 Å². The smallest absolute Gasteiger partial charge is 0.326 e. The number of thioether (sulfide) groups is 1. The van der Waals surface area contributed by atoms with Crippen molar-refractivity contribution in [1.29, 1.82) is 0 Å². The minimum absolute atomic E-state index is 0.358. The van der Waals surface area contributed by atoms with Gasteiger partial charge in [0.1, 0.15) is 6.04 Å². The molecular formula is C8H11N3O4S. The maximum atomic E-state index is 10.6. The molecule has 1 amide bonds. The monoisotopic (exact) mass is 245 g/mol. The summed E-state index contributed by atoms with van der Waals surface area (Å²) in [6.07, 6.45) is 1.99. The van der Waals surface area contributed by atoms with Gasteiger partial charge < -0.3 is 14.9 Å². The summed E-state index contributed by atoms with van der Waals surface area (Å²) >= 11 is 1.48. The highest BCUT2D eigenvalue weighted by molar-refractivity contribution is 7.98. The van der Waals surface area contributed by atoms with Crippen LogP contribution >= 0.6 is 11.8 Å². The highest BCUT2D eigenvalue weighted by atomic mass is 32.2. The molecule has 88 valence electrons. The number of nitrogens with one attached hydrogen (secondary N) is 1. The Hall–Kier alpha value is -1.57. The minimum Gasteiger partial charge on any atom is -0.480 e. The summed E-state index contributed by atoms with van der Waals surface area (Å²) in [6.45, 7) is 0. The molecule has 1 rings (SSSR count). The number of rotatable bonds is 8. The maximum absolute atomic E-state index is 10.6. The van der Waals surface area contributed by atoms with Crippen molar-refractivity contribution in [3.63, 3.8) is 0 Å². The summed E-state index contributed by atoms with van der Waals surface area (Å²) in [6, 6.07) is -0.838. The van der Waals surface area contributed by atoms with Crippen LogP contribution in [0.15, 0.2) is 10.9 Å². The fourth-order valence-corrected chi connectivity index (χ4v) is 1.84. The molecule has 0 bridgehead atoms. The average molecular weight is 245 g/mol. The van der Waals surface area contributed by atoms with Gasteiger partial charge in [0.15, 0.2) is 5.82 Å². The summed E-state index contributed by atoms with van der Waals surface area (Å²) < 4.78 is 4.54. The molecule has 1 aromatic heterocycles. The van der Waals surface area contributed by atoms with Crippen LogP contribution in [0, 0.1) is 0 Å². The summed E-state index contributed by atoms with van der Waals surface area (Å²) in [5.74, 6) is 0.684. The van der Waals surface area contributed by atoms with Crippen LogP contribution in [0.5, 0.6) is 0 Å². The van der Waals surface area contributed by atoms with E-state index < -0.39 is 12.0 Å². The molecule has 1 aromatic rings. The summed E-state index contributed by atoms with van der Waals surface area (Å²) in [5, 5.41) is 14.6. The normalized spacial score (nSPS) is 12.0. The second kappa shape index (κ2) is 6.83. The number of nitrogens with zero attached hydrogens (tertiary/aromatic N) is 2. The number of carboxylic acid groups (broad SMARTS) is 1. The zero-order valence-electron chi connectivity index (χ0n) is 8.33. The van der Waals surface area contributed by atoms with Crippen molar-refractivity contribution >= 4 is 24.1 Å². The quantitative estimate of drug-likeness (QED) is 0.486. The Morgan fingerprint density at radius 1 is 1.75 bits per heavy atom. The lowest BCUT2D eigenvalue weighted by Gasteiger charge is -2.09. The molecule has 0 radical (unpaired) electrons. The first-order chi connectivity index (χ1) is 7.74. The van der Waals surface area contributed by atoms with Gasteiger partial charge in [-0.2, -0.15) is 16.7 Å². The van der Waals surface area contributed by atoms with E-state index in [0.29, 0.717) is 30.2 Å². The molecule has 1 heterocycles. The maximum Gasteiger partial charge on any atom is 0.326 e. The predicted molar refractivity (Wildman–Crippen MR) is 55.7 cm³/mol. The first-order valence-electron chi connectivity index (χ1n) is 4.49. The van der Waals surface area contributed by atoms with Crippen molar-refractivity contribution in [3.8, 4) is 0 Å². The second-order valence-corrected chi connectivity index (χ2v) is 3.97. The number of amides is 1. The van der Waals surface area contributed by atoms with Crippen molar-refractivity contribution < 1.29 is 19.2 Å². The van der Waals surface area contributed by atoms with Crippen LogP contribution in [-0.4, -0.2) is 39.4 Å². The zero-order valence-corrected chi connectivity index (χ0v) is 9.14. The van der Waals surface area contributed by atoms with E-state index in [1.165, 1.54) is 18.2 Å². The van der Waals surface area contributed by atoms with Crippen LogP contribution in [0.2, 0.25) is 0 Å². The van der Waals surface area contributed by atoms with Gasteiger partial charge >= 0.3 is 5.97 Å². The van der Waals surface area contributed by atoms with Crippen LogP contribution in [-0.2, 0) is 15.3 Å². The van der Waals surface area contributed by atoms with E-state index in [1.807, 2.05) is 0 Å². The molecule has 0 fully saturated rings. The van der Waals surface area contributed by atoms with E-state index in [1.54, 1.807) is 0 Å². The standard InChI is InChI=1S/C8H11N3O4S/c12-4-9-6(8(13)14)1-2-16-3-7-10-5-15-11-7/h4-6H,1-3H2,(H,9,12)(H,13,14). The van der Waals surface area contributed by atoms with Crippen LogP contribution < -0.4 is 5.32 Å². The Morgan fingerprint density at radius 2 is 2.56 bits per heavy atom. The predicted octanol–water partition coefficient (Wildman–Crippen LogP) is -0.108. The third-order valence-corrected chi connectivity index (χ3v) is 2.74.